The van der Waals surface area contributed by atoms with Crippen LogP contribution in [0, 0.1) is 6.92 Å². The summed E-state index contributed by atoms with van der Waals surface area (Å²) in [4.78, 5) is 0. The van der Waals surface area contributed by atoms with Crippen LogP contribution in [-0.2, 0) is 20.0 Å². The van der Waals surface area contributed by atoms with Gasteiger partial charge in [0.1, 0.15) is 0 Å². The Morgan fingerprint density at radius 3 is 2.70 bits per heavy atom. The van der Waals surface area contributed by atoms with Crippen molar-refractivity contribution in [3.63, 3.8) is 0 Å². The summed E-state index contributed by atoms with van der Waals surface area (Å²) in [5.74, 6) is 0. The average Bonchev–Trinajstić information content (AvgIpc) is 3.13. The topological polar surface area (TPSA) is 60.6 Å². The Labute approximate surface area is 136 Å². The standard InChI is InChI=1S/C17H22N6/c1-4-7-17-15(18-10-14-11-19-21-22(14)3)12-20-23(17)16-9-6-5-8-13(16)2/h5-6,8-9,11-12,18H,4,7,10H2,1-3H3. The molecule has 2 heterocycles. The highest BCUT2D eigenvalue weighted by Gasteiger charge is 2.13. The SMILES string of the molecule is CCCc1c(NCc2cnnn2C)cnn1-c1ccccc1C. The van der Waals surface area contributed by atoms with Crippen LogP contribution in [0.15, 0.2) is 36.7 Å². The van der Waals surface area contributed by atoms with Gasteiger partial charge < -0.3 is 5.32 Å². The van der Waals surface area contributed by atoms with Crippen molar-refractivity contribution in [3.8, 4) is 5.69 Å². The van der Waals surface area contributed by atoms with E-state index in [0.29, 0.717) is 6.54 Å². The van der Waals surface area contributed by atoms with E-state index in [2.05, 4.69) is 52.8 Å². The van der Waals surface area contributed by atoms with Gasteiger partial charge in [0.25, 0.3) is 0 Å². The maximum atomic E-state index is 4.60. The van der Waals surface area contributed by atoms with E-state index in [-0.39, 0.29) is 0 Å². The van der Waals surface area contributed by atoms with Gasteiger partial charge in [-0.05, 0) is 25.0 Å². The Balaban J connectivity index is 1.89. The van der Waals surface area contributed by atoms with E-state index in [4.69, 9.17) is 0 Å². The minimum Gasteiger partial charge on any atom is -0.377 e. The van der Waals surface area contributed by atoms with E-state index < -0.39 is 0 Å². The number of nitrogens with zero attached hydrogens (tertiary/aromatic N) is 5. The van der Waals surface area contributed by atoms with Crippen molar-refractivity contribution >= 4 is 5.69 Å². The molecule has 6 heteroatoms. The van der Waals surface area contributed by atoms with Crippen molar-refractivity contribution in [2.24, 2.45) is 7.05 Å². The Bertz CT molecular complexity index is 786. The fourth-order valence-electron chi connectivity index (χ4n) is 2.66. The van der Waals surface area contributed by atoms with Crippen LogP contribution in [0.4, 0.5) is 5.69 Å². The lowest BCUT2D eigenvalue weighted by atomic mass is 10.1. The zero-order valence-corrected chi connectivity index (χ0v) is 13.8. The van der Waals surface area contributed by atoms with Crippen molar-refractivity contribution < 1.29 is 0 Å². The number of benzene rings is 1. The molecule has 0 saturated heterocycles. The van der Waals surface area contributed by atoms with Crippen molar-refractivity contribution in [3.05, 3.63) is 53.6 Å². The molecular formula is C17H22N6. The first-order valence-corrected chi connectivity index (χ1v) is 7.91. The van der Waals surface area contributed by atoms with Gasteiger partial charge in [-0.2, -0.15) is 5.10 Å². The van der Waals surface area contributed by atoms with Crippen molar-refractivity contribution in [1.29, 1.82) is 0 Å². The summed E-state index contributed by atoms with van der Waals surface area (Å²) < 4.78 is 3.82. The molecule has 120 valence electrons. The van der Waals surface area contributed by atoms with Crippen LogP contribution < -0.4 is 5.32 Å². The summed E-state index contributed by atoms with van der Waals surface area (Å²) in [7, 11) is 1.90. The van der Waals surface area contributed by atoms with Crippen molar-refractivity contribution in [1.82, 2.24) is 24.8 Å². The smallest absolute Gasteiger partial charge is 0.0774 e. The molecular weight excluding hydrogens is 288 g/mol. The molecule has 0 atom stereocenters. The lowest BCUT2D eigenvalue weighted by Crippen LogP contribution is -2.08. The number of anilines is 1. The molecule has 0 aliphatic heterocycles. The number of para-hydroxylation sites is 1. The van der Waals surface area contributed by atoms with Gasteiger partial charge in [-0.25, -0.2) is 4.68 Å². The highest BCUT2D eigenvalue weighted by molar-refractivity contribution is 5.52. The molecule has 0 unspecified atom stereocenters. The minimum absolute atomic E-state index is 0.680. The highest BCUT2D eigenvalue weighted by atomic mass is 15.4. The molecule has 0 aliphatic carbocycles. The van der Waals surface area contributed by atoms with E-state index in [1.807, 2.05) is 24.0 Å². The number of rotatable bonds is 6. The van der Waals surface area contributed by atoms with Crippen LogP contribution >= 0.6 is 0 Å². The molecule has 0 saturated carbocycles. The van der Waals surface area contributed by atoms with Crippen LogP contribution in [-0.4, -0.2) is 24.8 Å². The summed E-state index contributed by atoms with van der Waals surface area (Å²) in [5, 5.41) is 15.9. The molecule has 3 rings (SSSR count). The number of aryl methyl sites for hydroxylation is 2. The number of nitrogens with one attached hydrogen (secondary N) is 1. The van der Waals surface area contributed by atoms with Gasteiger partial charge in [-0.1, -0.05) is 36.8 Å². The van der Waals surface area contributed by atoms with Gasteiger partial charge in [0, 0.05) is 7.05 Å². The predicted molar refractivity (Wildman–Crippen MR) is 90.6 cm³/mol. The van der Waals surface area contributed by atoms with Crippen LogP contribution in [0.1, 0.15) is 30.3 Å². The van der Waals surface area contributed by atoms with Crippen LogP contribution in [0.25, 0.3) is 5.69 Å². The first-order chi connectivity index (χ1) is 11.2. The lowest BCUT2D eigenvalue weighted by molar-refractivity contribution is 0.683. The maximum Gasteiger partial charge on any atom is 0.0774 e. The van der Waals surface area contributed by atoms with Crippen molar-refractivity contribution in [2.75, 3.05) is 5.32 Å². The molecule has 0 fully saturated rings. The maximum absolute atomic E-state index is 4.60. The molecule has 0 amide bonds. The van der Waals surface area contributed by atoms with Crippen LogP contribution in [0.5, 0.6) is 0 Å². The molecule has 0 bridgehead atoms. The summed E-state index contributed by atoms with van der Waals surface area (Å²) >= 11 is 0. The van der Waals surface area contributed by atoms with Crippen LogP contribution in [0.2, 0.25) is 0 Å². The van der Waals surface area contributed by atoms with E-state index in [9.17, 15) is 0 Å². The molecule has 2 aromatic heterocycles. The second-order valence-corrected chi connectivity index (χ2v) is 5.66. The summed E-state index contributed by atoms with van der Waals surface area (Å²) in [6.45, 7) is 4.98. The van der Waals surface area contributed by atoms with E-state index >= 15 is 0 Å². The third kappa shape index (κ3) is 3.11. The second kappa shape index (κ2) is 6.64. The summed E-state index contributed by atoms with van der Waals surface area (Å²) in [6, 6.07) is 8.32. The minimum atomic E-state index is 0.680. The Kier molecular flexibility index (Phi) is 4.41. The molecule has 6 nitrogen and oxygen atoms in total. The molecule has 3 aromatic rings. The normalized spacial score (nSPS) is 10.9. The van der Waals surface area contributed by atoms with E-state index in [1.54, 1.807) is 10.9 Å². The monoisotopic (exact) mass is 310 g/mol. The zero-order chi connectivity index (χ0) is 16.2. The quantitative estimate of drug-likeness (QED) is 0.760. The third-order valence-corrected chi connectivity index (χ3v) is 3.97. The first kappa shape index (κ1) is 15.3. The van der Waals surface area contributed by atoms with Gasteiger partial charge in [0.05, 0.1) is 41.7 Å². The molecule has 1 N–H and O–H groups in total. The highest BCUT2D eigenvalue weighted by Crippen LogP contribution is 2.23. The summed E-state index contributed by atoms with van der Waals surface area (Å²) in [5.41, 5.74) is 5.66. The van der Waals surface area contributed by atoms with E-state index in [1.165, 1.54) is 11.3 Å². The summed E-state index contributed by atoms with van der Waals surface area (Å²) in [6.07, 6.45) is 5.72. The third-order valence-electron chi connectivity index (χ3n) is 3.97. The number of aromatic nitrogens is 5. The van der Waals surface area contributed by atoms with Crippen molar-refractivity contribution in [2.45, 2.75) is 33.2 Å². The van der Waals surface area contributed by atoms with Gasteiger partial charge in [0.2, 0.25) is 0 Å². The van der Waals surface area contributed by atoms with Crippen LogP contribution in [0.3, 0.4) is 0 Å². The lowest BCUT2D eigenvalue weighted by Gasteiger charge is -2.12. The van der Waals surface area contributed by atoms with E-state index in [0.717, 1.165) is 29.9 Å². The average molecular weight is 310 g/mol. The second-order valence-electron chi connectivity index (χ2n) is 5.66. The zero-order valence-electron chi connectivity index (χ0n) is 13.8. The molecule has 0 radical (unpaired) electrons. The fraction of sp³-hybridized carbons (Fsp3) is 0.353. The Morgan fingerprint density at radius 1 is 1.17 bits per heavy atom. The molecule has 0 spiro atoms. The first-order valence-electron chi connectivity index (χ1n) is 7.91. The number of hydrogen-bond acceptors (Lipinski definition) is 4. The molecule has 23 heavy (non-hydrogen) atoms. The predicted octanol–water partition coefficient (Wildman–Crippen LogP) is 2.87. The number of hydrogen-bond donors (Lipinski definition) is 1. The van der Waals surface area contributed by atoms with Gasteiger partial charge >= 0.3 is 0 Å². The molecule has 0 aliphatic rings. The fourth-order valence-corrected chi connectivity index (χ4v) is 2.66. The Morgan fingerprint density at radius 2 is 2.00 bits per heavy atom. The Hall–Kier alpha value is -2.63. The molecule has 1 aromatic carbocycles. The van der Waals surface area contributed by atoms with Gasteiger partial charge in [-0.3, -0.25) is 4.68 Å². The van der Waals surface area contributed by atoms with Gasteiger partial charge in [0.15, 0.2) is 0 Å². The van der Waals surface area contributed by atoms with Gasteiger partial charge in [-0.15, -0.1) is 5.10 Å². The largest absolute Gasteiger partial charge is 0.377 e.